The zero-order valence-electron chi connectivity index (χ0n) is 12.2. The molecule has 120 valence electrons. The van der Waals surface area contributed by atoms with Crippen LogP contribution in [-0.2, 0) is 10.0 Å². The summed E-state index contributed by atoms with van der Waals surface area (Å²) in [6.45, 7) is 3.97. The van der Waals surface area contributed by atoms with E-state index in [2.05, 4.69) is 10.0 Å². The number of nitro benzene ring substituents is 1. The first-order chi connectivity index (χ1) is 9.31. The molecule has 7 nitrogen and oxygen atoms in total. The molecule has 1 aromatic rings. The van der Waals surface area contributed by atoms with Gasteiger partial charge in [0.1, 0.15) is 0 Å². The summed E-state index contributed by atoms with van der Waals surface area (Å²) in [5.41, 5.74) is 0.339. The summed E-state index contributed by atoms with van der Waals surface area (Å²) in [7, 11) is -2.12. The van der Waals surface area contributed by atoms with Crippen molar-refractivity contribution in [2.24, 2.45) is 0 Å². The maximum Gasteiger partial charge on any atom is 0.292 e. The van der Waals surface area contributed by atoms with E-state index in [1.54, 1.807) is 26.1 Å². The van der Waals surface area contributed by atoms with Crippen molar-refractivity contribution >= 4 is 28.1 Å². The van der Waals surface area contributed by atoms with Crippen molar-refractivity contribution in [3.8, 4) is 0 Å². The van der Waals surface area contributed by atoms with E-state index in [4.69, 9.17) is 0 Å². The topological polar surface area (TPSA) is 101 Å². The number of aryl methyl sites for hydroxylation is 2. The molecule has 0 spiro atoms. The zero-order valence-corrected chi connectivity index (χ0v) is 13.8. The molecule has 0 amide bonds. The lowest BCUT2D eigenvalue weighted by molar-refractivity contribution is -0.388. The lowest BCUT2D eigenvalue weighted by atomic mass is 10.1. The Hall–Kier alpha value is -1.22. The molecule has 0 aliphatic rings. The number of sulfonamides is 1. The molecular formula is C12H20ClN3O4S. The molecule has 0 heterocycles. The van der Waals surface area contributed by atoms with Gasteiger partial charge in [0, 0.05) is 12.1 Å². The van der Waals surface area contributed by atoms with Crippen LogP contribution in [0.25, 0.3) is 0 Å². The van der Waals surface area contributed by atoms with Crippen molar-refractivity contribution in [1.82, 2.24) is 10.0 Å². The fourth-order valence-corrected chi connectivity index (χ4v) is 3.42. The second-order valence-electron chi connectivity index (χ2n) is 4.49. The molecule has 9 heteroatoms. The number of benzene rings is 1. The van der Waals surface area contributed by atoms with Crippen LogP contribution in [0.4, 0.5) is 5.69 Å². The monoisotopic (exact) mass is 337 g/mol. The summed E-state index contributed by atoms with van der Waals surface area (Å²) < 4.78 is 26.9. The Labute approximate surface area is 130 Å². The van der Waals surface area contributed by atoms with Crippen molar-refractivity contribution in [3.05, 3.63) is 33.4 Å². The van der Waals surface area contributed by atoms with Crippen LogP contribution in [0, 0.1) is 24.0 Å². The predicted octanol–water partition coefficient (Wildman–Crippen LogP) is 1.52. The van der Waals surface area contributed by atoms with E-state index in [0.29, 0.717) is 24.1 Å². The van der Waals surface area contributed by atoms with E-state index < -0.39 is 14.9 Å². The minimum atomic E-state index is -3.89. The van der Waals surface area contributed by atoms with Gasteiger partial charge in [0.2, 0.25) is 10.0 Å². The largest absolute Gasteiger partial charge is 0.320 e. The molecule has 0 aliphatic carbocycles. The number of hydrogen-bond donors (Lipinski definition) is 2. The quantitative estimate of drug-likeness (QED) is 0.446. The standard InChI is InChI=1S/C12H19N3O4S.ClH/c1-9-5-6-10(2)12(11(9)15(16)17)20(18,19)14-8-4-7-13-3;/h5-6,13-14H,4,7-8H2,1-3H3;1H. The molecule has 0 aliphatic heterocycles. The van der Waals surface area contributed by atoms with Gasteiger partial charge >= 0.3 is 0 Å². The molecule has 0 radical (unpaired) electrons. The van der Waals surface area contributed by atoms with Crippen LogP contribution in [0.2, 0.25) is 0 Å². The Morgan fingerprint density at radius 3 is 2.29 bits per heavy atom. The fourth-order valence-electron chi connectivity index (χ4n) is 1.88. The van der Waals surface area contributed by atoms with Crippen LogP contribution < -0.4 is 10.0 Å². The average molecular weight is 338 g/mol. The van der Waals surface area contributed by atoms with Gasteiger partial charge in [-0.25, -0.2) is 13.1 Å². The van der Waals surface area contributed by atoms with E-state index in [-0.39, 0.29) is 29.5 Å². The maximum atomic E-state index is 12.3. The van der Waals surface area contributed by atoms with Gasteiger partial charge in [0.15, 0.2) is 4.90 Å². The van der Waals surface area contributed by atoms with Crippen molar-refractivity contribution in [3.63, 3.8) is 0 Å². The van der Waals surface area contributed by atoms with Gasteiger partial charge in [-0.15, -0.1) is 12.4 Å². The molecule has 1 rings (SSSR count). The highest BCUT2D eigenvalue weighted by Crippen LogP contribution is 2.30. The van der Waals surface area contributed by atoms with Gasteiger partial charge in [0.25, 0.3) is 5.69 Å². The normalized spacial score (nSPS) is 11.0. The van der Waals surface area contributed by atoms with E-state index in [1.807, 2.05) is 0 Å². The molecule has 1 aromatic carbocycles. The first-order valence-corrected chi connectivity index (χ1v) is 7.68. The van der Waals surface area contributed by atoms with Crippen LogP contribution in [0.1, 0.15) is 17.5 Å². The van der Waals surface area contributed by atoms with Gasteiger partial charge in [-0.3, -0.25) is 10.1 Å². The van der Waals surface area contributed by atoms with E-state index in [1.165, 1.54) is 6.92 Å². The fraction of sp³-hybridized carbons (Fsp3) is 0.500. The molecule has 0 atom stereocenters. The number of rotatable bonds is 7. The molecular weight excluding hydrogens is 318 g/mol. The molecule has 0 saturated heterocycles. The highest BCUT2D eigenvalue weighted by atomic mass is 35.5. The molecule has 21 heavy (non-hydrogen) atoms. The third kappa shape index (κ3) is 4.92. The lowest BCUT2D eigenvalue weighted by Crippen LogP contribution is -2.28. The summed E-state index contributed by atoms with van der Waals surface area (Å²) in [5.74, 6) is 0. The third-order valence-corrected chi connectivity index (χ3v) is 4.51. The van der Waals surface area contributed by atoms with E-state index in [9.17, 15) is 18.5 Å². The molecule has 0 unspecified atom stereocenters. The number of nitro groups is 1. The summed E-state index contributed by atoms with van der Waals surface area (Å²) in [6, 6.07) is 3.12. The van der Waals surface area contributed by atoms with Crippen LogP contribution in [0.5, 0.6) is 0 Å². The second-order valence-corrected chi connectivity index (χ2v) is 6.19. The molecule has 0 bridgehead atoms. The third-order valence-electron chi connectivity index (χ3n) is 2.88. The Kier molecular flexibility index (Phi) is 7.80. The van der Waals surface area contributed by atoms with Crippen LogP contribution in [0.15, 0.2) is 17.0 Å². The van der Waals surface area contributed by atoms with Crippen molar-refractivity contribution in [2.45, 2.75) is 25.2 Å². The molecule has 0 saturated carbocycles. The minimum absolute atomic E-state index is 0. The van der Waals surface area contributed by atoms with Crippen molar-refractivity contribution < 1.29 is 13.3 Å². The van der Waals surface area contributed by atoms with Gasteiger partial charge in [0.05, 0.1) is 4.92 Å². The number of nitrogens with zero attached hydrogens (tertiary/aromatic N) is 1. The highest BCUT2D eigenvalue weighted by molar-refractivity contribution is 7.89. The molecule has 0 aromatic heterocycles. The lowest BCUT2D eigenvalue weighted by Gasteiger charge is -2.11. The van der Waals surface area contributed by atoms with Crippen molar-refractivity contribution in [1.29, 1.82) is 0 Å². The Morgan fingerprint density at radius 2 is 1.76 bits per heavy atom. The molecule has 2 N–H and O–H groups in total. The minimum Gasteiger partial charge on any atom is -0.320 e. The smallest absolute Gasteiger partial charge is 0.292 e. The van der Waals surface area contributed by atoms with E-state index >= 15 is 0 Å². The van der Waals surface area contributed by atoms with Gasteiger partial charge in [-0.05, 0) is 39.4 Å². The number of nitrogens with one attached hydrogen (secondary N) is 2. The number of hydrogen-bond acceptors (Lipinski definition) is 5. The van der Waals surface area contributed by atoms with Gasteiger partial charge in [-0.1, -0.05) is 12.1 Å². The number of halogens is 1. The van der Waals surface area contributed by atoms with Gasteiger partial charge in [-0.2, -0.15) is 0 Å². The van der Waals surface area contributed by atoms with Crippen molar-refractivity contribution in [2.75, 3.05) is 20.1 Å². The average Bonchev–Trinajstić information content (AvgIpc) is 2.36. The van der Waals surface area contributed by atoms with Gasteiger partial charge < -0.3 is 5.32 Å². The van der Waals surface area contributed by atoms with Crippen LogP contribution in [-0.4, -0.2) is 33.5 Å². The first-order valence-electron chi connectivity index (χ1n) is 6.20. The summed E-state index contributed by atoms with van der Waals surface area (Å²) >= 11 is 0. The zero-order chi connectivity index (χ0) is 15.3. The Morgan fingerprint density at radius 1 is 1.19 bits per heavy atom. The molecule has 0 fully saturated rings. The Balaban J connectivity index is 0.00000400. The maximum absolute atomic E-state index is 12.3. The second kappa shape index (κ2) is 8.28. The summed E-state index contributed by atoms with van der Waals surface area (Å²) in [4.78, 5) is 10.2. The SMILES string of the molecule is CNCCCNS(=O)(=O)c1c(C)ccc(C)c1[N+](=O)[O-].Cl. The summed E-state index contributed by atoms with van der Waals surface area (Å²) in [5, 5.41) is 14.0. The van der Waals surface area contributed by atoms with Crippen LogP contribution >= 0.6 is 12.4 Å². The summed E-state index contributed by atoms with van der Waals surface area (Å²) in [6.07, 6.45) is 0.606. The van der Waals surface area contributed by atoms with Crippen LogP contribution in [0.3, 0.4) is 0 Å². The Bertz CT molecular complexity index is 605. The first kappa shape index (κ1) is 19.8. The highest BCUT2D eigenvalue weighted by Gasteiger charge is 2.29. The predicted molar refractivity (Wildman–Crippen MR) is 83.6 cm³/mol. The van der Waals surface area contributed by atoms with E-state index in [0.717, 1.165) is 0 Å².